The number of alkyl halides is 3. The van der Waals surface area contributed by atoms with E-state index in [4.69, 9.17) is 11.6 Å². The van der Waals surface area contributed by atoms with E-state index < -0.39 is 27.6 Å². The minimum Gasteiger partial charge on any atom is -0.481 e. The molecular weight excluding hydrogens is 357 g/mol. The van der Waals surface area contributed by atoms with Gasteiger partial charge in [-0.05, 0) is 30.3 Å². The fourth-order valence-electron chi connectivity index (χ4n) is 1.67. The maximum atomic E-state index is 13.0. The summed E-state index contributed by atoms with van der Waals surface area (Å²) >= 11 is 5.65. The van der Waals surface area contributed by atoms with Crippen LogP contribution in [-0.4, -0.2) is 20.5 Å². The number of methoxy groups -OCH3 is 1. The van der Waals surface area contributed by atoms with E-state index >= 15 is 0 Å². The second-order valence-electron chi connectivity index (χ2n) is 4.31. The third-order valence-electron chi connectivity index (χ3n) is 2.72. The van der Waals surface area contributed by atoms with E-state index in [1.807, 2.05) is 4.72 Å². The van der Waals surface area contributed by atoms with Crippen molar-refractivity contribution in [3.63, 3.8) is 0 Å². The van der Waals surface area contributed by atoms with E-state index in [9.17, 15) is 21.6 Å². The SMILES string of the molecule is COc1ccc(NS(=O)(=O)c2ccc(Cl)cc2)c(C(F)(F)F)n1. The van der Waals surface area contributed by atoms with Crippen LogP contribution in [0.2, 0.25) is 5.02 Å². The van der Waals surface area contributed by atoms with Crippen molar-refractivity contribution < 1.29 is 26.3 Å². The van der Waals surface area contributed by atoms with Gasteiger partial charge in [-0.3, -0.25) is 4.72 Å². The predicted octanol–water partition coefficient (Wildman–Crippen LogP) is 3.56. The van der Waals surface area contributed by atoms with Gasteiger partial charge in [-0.2, -0.15) is 13.2 Å². The summed E-state index contributed by atoms with van der Waals surface area (Å²) in [5.74, 6) is -0.285. The van der Waals surface area contributed by atoms with Gasteiger partial charge in [0.1, 0.15) is 0 Å². The molecule has 0 bridgehead atoms. The number of anilines is 1. The Morgan fingerprint density at radius 3 is 2.26 bits per heavy atom. The van der Waals surface area contributed by atoms with Crippen LogP contribution in [0.25, 0.3) is 0 Å². The second kappa shape index (κ2) is 6.25. The average Bonchev–Trinajstić information content (AvgIpc) is 2.46. The molecule has 0 aliphatic rings. The molecule has 5 nitrogen and oxygen atoms in total. The normalized spacial score (nSPS) is 12.0. The van der Waals surface area contributed by atoms with Gasteiger partial charge in [-0.15, -0.1) is 0 Å². The third kappa shape index (κ3) is 4.05. The molecule has 124 valence electrons. The standard InChI is InChI=1S/C13H10ClF3N2O3S/c1-22-11-7-6-10(12(18-11)13(15,16)17)19-23(20,21)9-4-2-8(14)3-5-9/h2-7,19H,1H3. The van der Waals surface area contributed by atoms with E-state index in [2.05, 4.69) is 9.72 Å². The van der Waals surface area contributed by atoms with Crippen LogP contribution in [0.4, 0.5) is 18.9 Å². The van der Waals surface area contributed by atoms with Crippen molar-refractivity contribution in [3.05, 3.63) is 47.1 Å². The van der Waals surface area contributed by atoms with Crippen LogP contribution in [0.1, 0.15) is 5.69 Å². The molecule has 23 heavy (non-hydrogen) atoms. The summed E-state index contributed by atoms with van der Waals surface area (Å²) in [6.07, 6.45) is -4.85. The fourth-order valence-corrected chi connectivity index (χ4v) is 2.86. The topological polar surface area (TPSA) is 68.3 Å². The first-order valence-corrected chi connectivity index (χ1v) is 7.90. The van der Waals surface area contributed by atoms with Crippen LogP contribution in [-0.2, 0) is 16.2 Å². The summed E-state index contributed by atoms with van der Waals surface area (Å²) in [4.78, 5) is 3.03. The van der Waals surface area contributed by atoms with Gasteiger partial charge in [0, 0.05) is 11.1 Å². The van der Waals surface area contributed by atoms with Crippen molar-refractivity contribution in [2.24, 2.45) is 0 Å². The van der Waals surface area contributed by atoms with Gasteiger partial charge in [0.25, 0.3) is 10.0 Å². The first-order chi connectivity index (χ1) is 10.6. The number of nitrogens with one attached hydrogen (secondary N) is 1. The van der Waals surface area contributed by atoms with Crippen LogP contribution < -0.4 is 9.46 Å². The van der Waals surface area contributed by atoms with E-state index in [-0.39, 0.29) is 10.8 Å². The molecule has 0 atom stereocenters. The molecule has 1 heterocycles. The molecule has 0 amide bonds. The number of halogens is 4. The van der Waals surface area contributed by atoms with Crippen molar-refractivity contribution >= 4 is 27.3 Å². The quantitative estimate of drug-likeness (QED) is 0.898. The molecule has 2 aromatic rings. The zero-order valence-corrected chi connectivity index (χ0v) is 13.1. The minimum absolute atomic E-state index is 0.231. The number of pyridine rings is 1. The number of sulfonamides is 1. The number of hydrogen-bond acceptors (Lipinski definition) is 4. The highest BCUT2D eigenvalue weighted by Gasteiger charge is 2.37. The Balaban J connectivity index is 2.45. The van der Waals surface area contributed by atoms with Gasteiger partial charge in [-0.1, -0.05) is 11.6 Å². The van der Waals surface area contributed by atoms with Gasteiger partial charge in [0.05, 0.1) is 17.7 Å². The van der Waals surface area contributed by atoms with E-state index in [0.29, 0.717) is 5.02 Å². The molecule has 1 N–H and O–H groups in total. The monoisotopic (exact) mass is 366 g/mol. The maximum Gasteiger partial charge on any atom is 0.435 e. The van der Waals surface area contributed by atoms with E-state index in [0.717, 1.165) is 19.2 Å². The molecule has 0 radical (unpaired) electrons. The van der Waals surface area contributed by atoms with Crippen LogP contribution >= 0.6 is 11.6 Å². The van der Waals surface area contributed by atoms with Crippen molar-refractivity contribution in [3.8, 4) is 5.88 Å². The molecule has 10 heteroatoms. The lowest BCUT2D eigenvalue weighted by Crippen LogP contribution is -2.18. The van der Waals surface area contributed by atoms with Crippen molar-refractivity contribution in [2.45, 2.75) is 11.1 Å². The molecule has 1 aromatic carbocycles. The molecule has 0 aliphatic heterocycles. The fraction of sp³-hybridized carbons (Fsp3) is 0.154. The summed E-state index contributed by atoms with van der Waals surface area (Å²) in [5, 5.41) is 0.297. The lowest BCUT2D eigenvalue weighted by atomic mass is 10.3. The molecule has 0 spiro atoms. The molecular formula is C13H10ClF3N2O3S. The Morgan fingerprint density at radius 2 is 1.74 bits per heavy atom. The van der Waals surface area contributed by atoms with Crippen molar-refractivity contribution in [1.82, 2.24) is 4.98 Å². The van der Waals surface area contributed by atoms with E-state index in [1.54, 1.807) is 0 Å². The molecule has 0 saturated heterocycles. The molecule has 0 unspecified atom stereocenters. The lowest BCUT2D eigenvalue weighted by Gasteiger charge is -2.14. The lowest BCUT2D eigenvalue weighted by molar-refractivity contribution is -0.140. The van der Waals surface area contributed by atoms with Gasteiger partial charge >= 0.3 is 6.18 Å². The maximum absolute atomic E-state index is 13.0. The minimum atomic E-state index is -4.85. The highest BCUT2D eigenvalue weighted by molar-refractivity contribution is 7.92. The smallest absolute Gasteiger partial charge is 0.435 e. The van der Waals surface area contributed by atoms with Gasteiger partial charge < -0.3 is 4.74 Å². The molecule has 2 rings (SSSR count). The highest BCUT2D eigenvalue weighted by atomic mass is 35.5. The number of benzene rings is 1. The van der Waals surface area contributed by atoms with Gasteiger partial charge in [-0.25, -0.2) is 13.4 Å². The van der Waals surface area contributed by atoms with Crippen LogP contribution in [0.3, 0.4) is 0 Å². The van der Waals surface area contributed by atoms with Crippen molar-refractivity contribution in [2.75, 3.05) is 11.8 Å². The van der Waals surface area contributed by atoms with Gasteiger partial charge in [0.2, 0.25) is 5.88 Å². The summed E-state index contributed by atoms with van der Waals surface area (Å²) in [5.41, 5.74) is -2.09. The van der Waals surface area contributed by atoms with E-state index in [1.165, 1.54) is 24.3 Å². The van der Waals surface area contributed by atoms with Crippen LogP contribution in [0, 0.1) is 0 Å². The van der Waals surface area contributed by atoms with Crippen LogP contribution in [0.5, 0.6) is 5.88 Å². The first-order valence-electron chi connectivity index (χ1n) is 6.04. The summed E-state index contributed by atoms with van der Waals surface area (Å²) in [7, 11) is -3.07. The summed E-state index contributed by atoms with van der Waals surface area (Å²) < 4.78 is 69.9. The second-order valence-corrected chi connectivity index (χ2v) is 6.43. The molecule has 0 saturated carbocycles. The predicted molar refractivity (Wildman–Crippen MR) is 78.1 cm³/mol. The van der Waals surface area contributed by atoms with Crippen molar-refractivity contribution in [1.29, 1.82) is 0 Å². The zero-order valence-electron chi connectivity index (χ0n) is 11.6. The average molecular weight is 367 g/mol. The highest BCUT2D eigenvalue weighted by Crippen LogP contribution is 2.35. The molecule has 0 fully saturated rings. The number of ether oxygens (including phenoxy) is 1. The van der Waals surface area contributed by atoms with Crippen LogP contribution in [0.15, 0.2) is 41.3 Å². The Hall–Kier alpha value is -2.00. The Morgan fingerprint density at radius 1 is 1.13 bits per heavy atom. The number of hydrogen-bond donors (Lipinski definition) is 1. The van der Waals surface area contributed by atoms with Gasteiger partial charge in [0.15, 0.2) is 5.69 Å². The molecule has 0 aliphatic carbocycles. The largest absolute Gasteiger partial charge is 0.481 e. The first kappa shape index (κ1) is 17.4. The molecule has 1 aromatic heterocycles. The Bertz CT molecular complexity index is 808. The zero-order chi connectivity index (χ0) is 17.3. The Kier molecular flexibility index (Phi) is 4.71. The summed E-state index contributed by atoms with van der Waals surface area (Å²) in [6.45, 7) is 0. The summed E-state index contributed by atoms with van der Waals surface area (Å²) in [6, 6.07) is 7.03. The number of rotatable bonds is 4. The number of nitrogens with zero attached hydrogens (tertiary/aromatic N) is 1. The number of aromatic nitrogens is 1. The Labute approximate surface area is 135 Å². The third-order valence-corrected chi connectivity index (χ3v) is 4.35.